The molecule has 2 rings (SSSR count). The van der Waals surface area contributed by atoms with Crippen molar-refractivity contribution < 1.29 is 14.6 Å². The molecule has 1 saturated heterocycles. The highest BCUT2D eigenvalue weighted by Gasteiger charge is 2.31. The highest BCUT2D eigenvalue weighted by atomic mass is 32.1. The fourth-order valence-corrected chi connectivity index (χ4v) is 2.59. The molecule has 1 unspecified atom stereocenters. The zero-order chi connectivity index (χ0) is 13.7. The highest BCUT2D eigenvalue weighted by molar-refractivity contribution is 7.10. The molecule has 1 aliphatic heterocycles. The molecule has 0 spiro atoms. The van der Waals surface area contributed by atoms with Crippen LogP contribution in [-0.4, -0.2) is 36.4 Å². The fraction of sp³-hybridized carbons (Fsp3) is 0.500. The lowest BCUT2D eigenvalue weighted by atomic mass is 10.0. The molecule has 1 aromatic rings. The fourth-order valence-electron chi connectivity index (χ4n) is 1.84. The molecule has 4 nitrogen and oxygen atoms in total. The van der Waals surface area contributed by atoms with E-state index in [9.17, 15) is 4.79 Å². The first-order chi connectivity index (χ1) is 9.13. The molecule has 1 fully saturated rings. The van der Waals surface area contributed by atoms with Crippen molar-refractivity contribution >= 4 is 17.2 Å². The number of hydrogen-bond acceptors (Lipinski definition) is 4. The van der Waals surface area contributed by atoms with E-state index in [-0.39, 0.29) is 18.1 Å². The van der Waals surface area contributed by atoms with E-state index in [1.165, 1.54) is 11.3 Å². The molecule has 0 radical (unpaired) electrons. The van der Waals surface area contributed by atoms with E-state index in [2.05, 4.69) is 17.2 Å². The first kappa shape index (κ1) is 14.1. The molecule has 1 atom stereocenters. The molecule has 1 amide bonds. The lowest BCUT2D eigenvalue weighted by molar-refractivity contribution is 0.0890. The standard InChI is InChI=1S/C14H17NO3S/c1-14(5-7-18-10-14)15-13(17)11-8-12(19-9-11)4-2-3-6-16/h8-9,16H,3,5-7,10H2,1H3,(H,15,17). The number of hydrogen-bond donors (Lipinski definition) is 2. The minimum atomic E-state index is -0.262. The molecule has 2 N–H and O–H groups in total. The molecule has 19 heavy (non-hydrogen) atoms. The molecule has 0 aliphatic carbocycles. The number of ether oxygens (including phenoxy) is 1. The molecule has 5 heteroatoms. The zero-order valence-corrected chi connectivity index (χ0v) is 11.7. The van der Waals surface area contributed by atoms with E-state index >= 15 is 0 Å². The molecular weight excluding hydrogens is 262 g/mol. The summed E-state index contributed by atoms with van der Waals surface area (Å²) < 4.78 is 5.31. The third-order valence-corrected chi connectivity index (χ3v) is 3.79. The summed E-state index contributed by atoms with van der Waals surface area (Å²) in [7, 11) is 0. The lowest BCUT2D eigenvalue weighted by Crippen LogP contribution is -2.46. The number of carbonyl (C=O) groups excluding carboxylic acids is 1. The van der Waals surface area contributed by atoms with Crippen LogP contribution in [0.3, 0.4) is 0 Å². The Morgan fingerprint density at radius 3 is 3.21 bits per heavy atom. The Bertz CT molecular complexity index is 506. The molecular formula is C14H17NO3S. The van der Waals surface area contributed by atoms with Crippen molar-refractivity contribution in [3.63, 3.8) is 0 Å². The second-order valence-electron chi connectivity index (χ2n) is 4.79. The Morgan fingerprint density at radius 1 is 1.68 bits per heavy atom. The van der Waals surface area contributed by atoms with Crippen LogP contribution in [0.4, 0.5) is 0 Å². The van der Waals surface area contributed by atoms with Crippen LogP contribution < -0.4 is 5.32 Å². The van der Waals surface area contributed by atoms with E-state index in [4.69, 9.17) is 9.84 Å². The highest BCUT2D eigenvalue weighted by Crippen LogP contribution is 2.20. The third kappa shape index (κ3) is 3.80. The number of aliphatic hydroxyl groups excluding tert-OH is 1. The summed E-state index contributed by atoms with van der Waals surface area (Å²) in [5, 5.41) is 13.5. The number of carbonyl (C=O) groups is 1. The van der Waals surface area contributed by atoms with Gasteiger partial charge >= 0.3 is 0 Å². The average Bonchev–Trinajstić information content (AvgIpc) is 2.99. The van der Waals surface area contributed by atoms with Gasteiger partial charge in [0.1, 0.15) is 0 Å². The number of amides is 1. The Morgan fingerprint density at radius 2 is 2.53 bits per heavy atom. The minimum Gasteiger partial charge on any atom is -0.395 e. The van der Waals surface area contributed by atoms with Gasteiger partial charge in [-0.2, -0.15) is 0 Å². The molecule has 0 bridgehead atoms. The maximum absolute atomic E-state index is 12.1. The maximum Gasteiger partial charge on any atom is 0.252 e. The van der Waals surface area contributed by atoms with Crippen LogP contribution in [0.25, 0.3) is 0 Å². The van der Waals surface area contributed by atoms with E-state index in [0.29, 0.717) is 25.2 Å². The van der Waals surface area contributed by atoms with E-state index in [0.717, 1.165) is 11.3 Å². The van der Waals surface area contributed by atoms with Crippen LogP contribution >= 0.6 is 11.3 Å². The SMILES string of the molecule is CC1(NC(=O)c2csc(C#CCCO)c2)CCOC1. The number of thiophene rings is 1. The monoisotopic (exact) mass is 279 g/mol. The van der Waals surface area contributed by atoms with Gasteiger partial charge in [-0.15, -0.1) is 11.3 Å². The van der Waals surface area contributed by atoms with Gasteiger partial charge in [-0.25, -0.2) is 0 Å². The first-order valence-electron chi connectivity index (χ1n) is 6.21. The van der Waals surface area contributed by atoms with Gasteiger partial charge in [0.05, 0.1) is 29.2 Å². The Kier molecular flexibility index (Phi) is 4.59. The van der Waals surface area contributed by atoms with Gasteiger partial charge in [-0.1, -0.05) is 11.8 Å². The van der Waals surface area contributed by atoms with E-state index in [1.807, 2.05) is 6.92 Å². The molecule has 1 aliphatic rings. The van der Waals surface area contributed by atoms with Gasteiger partial charge in [0, 0.05) is 18.4 Å². The Hall–Kier alpha value is -1.35. The summed E-state index contributed by atoms with van der Waals surface area (Å²) in [6.07, 6.45) is 1.29. The predicted molar refractivity (Wildman–Crippen MR) is 74.2 cm³/mol. The van der Waals surface area contributed by atoms with Crippen LogP contribution in [0.2, 0.25) is 0 Å². The maximum atomic E-state index is 12.1. The van der Waals surface area contributed by atoms with Crippen LogP contribution in [0.15, 0.2) is 11.4 Å². The number of nitrogens with one attached hydrogen (secondary N) is 1. The van der Waals surface area contributed by atoms with Gasteiger partial charge < -0.3 is 15.2 Å². The van der Waals surface area contributed by atoms with Crippen molar-refractivity contribution in [2.45, 2.75) is 25.3 Å². The van der Waals surface area contributed by atoms with Crippen LogP contribution in [0.5, 0.6) is 0 Å². The van der Waals surface area contributed by atoms with Crippen molar-refractivity contribution in [1.29, 1.82) is 0 Å². The van der Waals surface area contributed by atoms with Gasteiger partial charge in [-0.3, -0.25) is 4.79 Å². The third-order valence-electron chi connectivity index (χ3n) is 2.94. The summed E-state index contributed by atoms with van der Waals surface area (Å²) in [4.78, 5) is 12.9. The quantitative estimate of drug-likeness (QED) is 0.822. The summed E-state index contributed by atoms with van der Waals surface area (Å²) in [5.41, 5.74) is 0.369. The van der Waals surface area contributed by atoms with Crippen LogP contribution in [0.1, 0.15) is 35.0 Å². The van der Waals surface area contributed by atoms with Crippen molar-refractivity contribution in [3.05, 3.63) is 21.9 Å². The van der Waals surface area contributed by atoms with Crippen LogP contribution in [0, 0.1) is 11.8 Å². The molecule has 2 heterocycles. The Balaban J connectivity index is 1.98. The van der Waals surface area contributed by atoms with Crippen molar-refractivity contribution in [2.75, 3.05) is 19.8 Å². The van der Waals surface area contributed by atoms with Gasteiger partial charge in [0.25, 0.3) is 5.91 Å². The van der Waals surface area contributed by atoms with Crippen molar-refractivity contribution in [2.24, 2.45) is 0 Å². The average molecular weight is 279 g/mol. The van der Waals surface area contributed by atoms with Gasteiger partial charge in [-0.05, 0) is 19.4 Å². The summed E-state index contributed by atoms with van der Waals surface area (Å²) in [5.74, 6) is 5.69. The first-order valence-corrected chi connectivity index (χ1v) is 7.09. The summed E-state index contributed by atoms with van der Waals surface area (Å²) in [6, 6.07) is 1.78. The Labute approximate surface area is 116 Å². The van der Waals surface area contributed by atoms with Gasteiger partial charge in [0.15, 0.2) is 0 Å². The van der Waals surface area contributed by atoms with E-state index in [1.54, 1.807) is 11.4 Å². The molecule has 1 aromatic heterocycles. The normalized spacial score (nSPS) is 21.8. The van der Waals surface area contributed by atoms with Crippen molar-refractivity contribution in [3.8, 4) is 11.8 Å². The van der Waals surface area contributed by atoms with Crippen molar-refractivity contribution in [1.82, 2.24) is 5.32 Å². The topological polar surface area (TPSA) is 58.6 Å². The van der Waals surface area contributed by atoms with E-state index < -0.39 is 0 Å². The largest absolute Gasteiger partial charge is 0.395 e. The zero-order valence-electron chi connectivity index (χ0n) is 10.9. The number of aliphatic hydroxyl groups is 1. The lowest BCUT2D eigenvalue weighted by Gasteiger charge is -2.23. The minimum absolute atomic E-state index is 0.0596. The summed E-state index contributed by atoms with van der Waals surface area (Å²) in [6.45, 7) is 3.31. The predicted octanol–water partition coefficient (Wildman–Crippen LogP) is 1.39. The summed E-state index contributed by atoms with van der Waals surface area (Å²) >= 11 is 1.44. The number of rotatable bonds is 3. The smallest absolute Gasteiger partial charge is 0.252 e. The molecule has 0 saturated carbocycles. The second kappa shape index (κ2) is 6.20. The molecule has 102 valence electrons. The molecule has 0 aromatic carbocycles. The van der Waals surface area contributed by atoms with Crippen LogP contribution in [-0.2, 0) is 4.74 Å². The van der Waals surface area contributed by atoms with Gasteiger partial charge in [0.2, 0.25) is 0 Å². The second-order valence-corrected chi connectivity index (χ2v) is 5.70.